The van der Waals surface area contributed by atoms with E-state index < -0.39 is 5.97 Å². The van der Waals surface area contributed by atoms with Gasteiger partial charge in [-0.05, 0) is 24.1 Å². The van der Waals surface area contributed by atoms with Crippen LogP contribution in [0.3, 0.4) is 0 Å². The van der Waals surface area contributed by atoms with E-state index in [4.69, 9.17) is 5.11 Å². The normalized spacial score (nSPS) is 11.7. The predicted octanol–water partition coefficient (Wildman–Crippen LogP) is 3.51. The van der Waals surface area contributed by atoms with Crippen LogP contribution in [0.2, 0.25) is 0 Å². The lowest BCUT2D eigenvalue weighted by molar-refractivity contribution is 0.0697. The Morgan fingerprint density at radius 3 is 2.53 bits per heavy atom. The van der Waals surface area contributed by atoms with E-state index in [2.05, 4.69) is 37.2 Å². The molecule has 0 bridgehead atoms. The Bertz CT molecular complexity index is 612. The molecule has 0 aliphatic carbocycles. The zero-order valence-electron chi connectivity index (χ0n) is 11.8. The Balaban J connectivity index is 2.62. The highest BCUT2D eigenvalue weighted by Gasteiger charge is 2.15. The van der Waals surface area contributed by atoms with E-state index in [1.807, 2.05) is 6.07 Å². The van der Waals surface area contributed by atoms with Crippen LogP contribution in [0.4, 0.5) is 0 Å². The molecule has 0 radical (unpaired) electrons. The van der Waals surface area contributed by atoms with Gasteiger partial charge >= 0.3 is 5.97 Å². The molecular formula is C15H20N2O2. The SMILES string of the molecule is CC(C)Cn1c(C(C)C)nc2cc(C(=O)O)ccc21. The molecule has 4 heteroatoms. The first-order chi connectivity index (χ1) is 8.90. The number of aromatic carboxylic acids is 1. The van der Waals surface area contributed by atoms with Crippen LogP contribution in [0.15, 0.2) is 18.2 Å². The molecule has 19 heavy (non-hydrogen) atoms. The first-order valence-electron chi connectivity index (χ1n) is 6.63. The van der Waals surface area contributed by atoms with E-state index in [0.29, 0.717) is 11.8 Å². The molecule has 2 rings (SSSR count). The maximum absolute atomic E-state index is 11.0. The first kappa shape index (κ1) is 13.6. The van der Waals surface area contributed by atoms with Crippen LogP contribution >= 0.6 is 0 Å². The Kier molecular flexibility index (Phi) is 3.60. The van der Waals surface area contributed by atoms with E-state index in [1.165, 1.54) is 0 Å². The van der Waals surface area contributed by atoms with Crippen molar-refractivity contribution in [3.05, 3.63) is 29.6 Å². The largest absolute Gasteiger partial charge is 0.478 e. The van der Waals surface area contributed by atoms with E-state index >= 15 is 0 Å². The van der Waals surface area contributed by atoms with E-state index in [1.54, 1.807) is 12.1 Å². The van der Waals surface area contributed by atoms with Gasteiger partial charge in [-0.1, -0.05) is 27.7 Å². The highest BCUT2D eigenvalue weighted by Crippen LogP contribution is 2.24. The van der Waals surface area contributed by atoms with Crippen LogP contribution in [0, 0.1) is 5.92 Å². The van der Waals surface area contributed by atoms with Crippen molar-refractivity contribution in [2.45, 2.75) is 40.2 Å². The van der Waals surface area contributed by atoms with Crippen molar-refractivity contribution in [3.8, 4) is 0 Å². The molecule has 2 aromatic rings. The van der Waals surface area contributed by atoms with Gasteiger partial charge in [0.15, 0.2) is 0 Å². The van der Waals surface area contributed by atoms with E-state index in [0.717, 1.165) is 23.4 Å². The second-order valence-electron chi connectivity index (χ2n) is 5.64. The minimum atomic E-state index is -0.911. The van der Waals surface area contributed by atoms with E-state index in [-0.39, 0.29) is 5.56 Å². The standard InChI is InChI=1S/C15H20N2O2/c1-9(2)8-17-13-6-5-11(15(18)19)7-12(13)16-14(17)10(3)4/h5-7,9-10H,8H2,1-4H3,(H,18,19). The van der Waals surface area contributed by atoms with Crippen molar-refractivity contribution in [1.82, 2.24) is 9.55 Å². The zero-order valence-corrected chi connectivity index (χ0v) is 11.8. The van der Waals surface area contributed by atoms with Crippen LogP contribution in [0.5, 0.6) is 0 Å². The maximum Gasteiger partial charge on any atom is 0.335 e. The highest BCUT2D eigenvalue weighted by atomic mass is 16.4. The molecule has 4 nitrogen and oxygen atoms in total. The third-order valence-electron chi connectivity index (χ3n) is 3.09. The fourth-order valence-electron chi connectivity index (χ4n) is 2.28. The summed E-state index contributed by atoms with van der Waals surface area (Å²) < 4.78 is 2.20. The van der Waals surface area contributed by atoms with Crippen LogP contribution in [0.1, 0.15) is 49.8 Å². The molecule has 0 fully saturated rings. The smallest absolute Gasteiger partial charge is 0.335 e. The number of carbonyl (C=O) groups is 1. The summed E-state index contributed by atoms with van der Waals surface area (Å²) in [7, 11) is 0. The molecule has 0 unspecified atom stereocenters. The molecule has 1 aromatic heterocycles. The Labute approximate surface area is 113 Å². The maximum atomic E-state index is 11.0. The zero-order chi connectivity index (χ0) is 14.2. The number of fused-ring (bicyclic) bond motifs is 1. The lowest BCUT2D eigenvalue weighted by atomic mass is 10.1. The quantitative estimate of drug-likeness (QED) is 0.915. The predicted molar refractivity (Wildman–Crippen MR) is 75.6 cm³/mol. The van der Waals surface area contributed by atoms with E-state index in [9.17, 15) is 4.79 Å². The second-order valence-corrected chi connectivity index (χ2v) is 5.64. The Morgan fingerprint density at radius 2 is 2.00 bits per heavy atom. The number of hydrogen-bond donors (Lipinski definition) is 1. The number of aromatic nitrogens is 2. The molecule has 1 N–H and O–H groups in total. The molecule has 0 atom stereocenters. The van der Waals surface area contributed by atoms with Crippen molar-refractivity contribution in [2.75, 3.05) is 0 Å². The molecule has 1 aromatic carbocycles. The lowest BCUT2D eigenvalue weighted by Crippen LogP contribution is -2.09. The summed E-state index contributed by atoms with van der Waals surface area (Å²) in [5.74, 6) is 0.950. The summed E-state index contributed by atoms with van der Waals surface area (Å²) in [6.45, 7) is 9.45. The van der Waals surface area contributed by atoms with Crippen molar-refractivity contribution in [1.29, 1.82) is 0 Å². The Hall–Kier alpha value is -1.84. The van der Waals surface area contributed by atoms with Crippen LogP contribution in [-0.4, -0.2) is 20.6 Å². The fourth-order valence-corrected chi connectivity index (χ4v) is 2.28. The van der Waals surface area contributed by atoms with Gasteiger partial charge in [0, 0.05) is 12.5 Å². The molecule has 0 amide bonds. The summed E-state index contributed by atoms with van der Waals surface area (Å²) in [6.07, 6.45) is 0. The third kappa shape index (κ3) is 2.62. The van der Waals surface area contributed by atoms with Gasteiger partial charge in [0.05, 0.1) is 16.6 Å². The number of benzene rings is 1. The number of hydrogen-bond acceptors (Lipinski definition) is 2. The van der Waals surface area contributed by atoms with Gasteiger partial charge in [-0.25, -0.2) is 9.78 Å². The second kappa shape index (κ2) is 5.03. The minimum absolute atomic E-state index is 0.289. The van der Waals surface area contributed by atoms with Crippen molar-refractivity contribution >= 4 is 17.0 Å². The average Bonchev–Trinajstić information content (AvgIpc) is 2.66. The number of carboxylic acid groups (broad SMARTS) is 1. The molecule has 102 valence electrons. The number of carboxylic acids is 1. The molecular weight excluding hydrogens is 240 g/mol. The molecule has 0 saturated heterocycles. The van der Waals surface area contributed by atoms with Crippen LogP contribution in [0.25, 0.3) is 11.0 Å². The van der Waals surface area contributed by atoms with Crippen LogP contribution < -0.4 is 0 Å². The number of imidazole rings is 1. The molecule has 0 spiro atoms. The lowest BCUT2D eigenvalue weighted by Gasteiger charge is -2.13. The Morgan fingerprint density at radius 1 is 1.32 bits per heavy atom. The summed E-state index contributed by atoms with van der Waals surface area (Å²) >= 11 is 0. The summed E-state index contributed by atoms with van der Waals surface area (Å²) in [4.78, 5) is 15.6. The average molecular weight is 260 g/mol. The molecule has 0 aliphatic heterocycles. The number of rotatable bonds is 4. The van der Waals surface area contributed by atoms with Gasteiger partial charge in [0.2, 0.25) is 0 Å². The van der Waals surface area contributed by atoms with Crippen molar-refractivity contribution in [3.63, 3.8) is 0 Å². The minimum Gasteiger partial charge on any atom is -0.478 e. The summed E-state index contributed by atoms with van der Waals surface area (Å²) in [5.41, 5.74) is 2.07. The molecule has 0 saturated carbocycles. The summed E-state index contributed by atoms with van der Waals surface area (Å²) in [5, 5.41) is 9.04. The van der Waals surface area contributed by atoms with Crippen LogP contribution in [-0.2, 0) is 6.54 Å². The molecule has 0 aliphatic rings. The molecule has 1 heterocycles. The fraction of sp³-hybridized carbons (Fsp3) is 0.467. The number of nitrogens with zero attached hydrogens (tertiary/aromatic N) is 2. The topological polar surface area (TPSA) is 55.1 Å². The van der Waals surface area contributed by atoms with Gasteiger partial charge in [-0.2, -0.15) is 0 Å². The first-order valence-corrected chi connectivity index (χ1v) is 6.63. The van der Waals surface area contributed by atoms with Gasteiger partial charge < -0.3 is 9.67 Å². The highest BCUT2D eigenvalue weighted by molar-refractivity contribution is 5.92. The van der Waals surface area contributed by atoms with Crippen molar-refractivity contribution in [2.24, 2.45) is 5.92 Å². The third-order valence-corrected chi connectivity index (χ3v) is 3.09. The van der Waals surface area contributed by atoms with Gasteiger partial charge in [-0.3, -0.25) is 0 Å². The van der Waals surface area contributed by atoms with Crippen molar-refractivity contribution < 1.29 is 9.90 Å². The van der Waals surface area contributed by atoms with Gasteiger partial charge in [0.25, 0.3) is 0 Å². The summed E-state index contributed by atoms with van der Waals surface area (Å²) in [6, 6.07) is 5.16. The van der Waals surface area contributed by atoms with Gasteiger partial charge in [-0.15, -0.1) is 0 Å². The monoisotopic (exact) mass is 260 g/mol. The van der Waals surface area contributed by atoms with Gasteiger partial charge in [0.1, 0.15) is 5.82 Å².